The summed E-state index contributed by atoms with van der Waals surface area (Å²) < 4.78 is 21.8. The van der Waals surface area contributed by atoms with E-state index >= 15 is 0 Å². The minimum Gasteiger partial charge on any atom is -0.257 e. The first-order valence-electron chi connectivity index (χ1n) is 1.12. The molecule has 0 aliphatic carbocycles. The molecule has 0 rings (SSSR count). The van der Waals surface area contributed by atoms with Gasteiger partial charge in [-0.15, -0.1) is 0 Å². The Morgan fingerprint density at radius 2 is 2.00 bits per heavy atom. The van der Waals surface area contributed by atoms with Gasteiger partial charge in [0.1, 0.15) is 0 Å². The van der Waals surface area contributed by atoms with E-state index in [1.54, 1.807) is 0 Å². The smallest absolute Gasteiger partial charge is 0.257 e. The average molecular weight is 159 g/mol. The van der Waals surface area contributed by atoms with E-state index in [1.165, 1.54) is 0 Å². The third-order valence-corrected chi connectivity index (χ3v) is 0.532. The largest absolute Gasteiger partial charge is 0.346 e. The van der Waals surface area contributed by atoms with Gasteiger partial charge < -0.3 is 0 Å². The summed E-state index contributed by atoms with van der Waals surface area (Å²) in [7, 11) is 0. The third kappa shape index (κ3) is 2.26. The maximum Gasteiger partial charge on any atom is 0.346 e. The summed E-state index contributed by atoms with van der Waals surface area (Å²) >= 11 is 2.05. The van der Waals surface area contributed by atoms with E-state index in [9.17, 15) is 8.78 Å². The Morgan fingerprint density at radius 1 is 1.83 bits per heavy atom. The van der Waals surface area contributed by atoms with Crippen LogP contribution in [0.4, 0.5) is 8.78 Å². The van der Waals surface area contributed by atoms with Gasteiger partial charge in [-0.25, -0.2) is 4.39 Å². The second-order valence-electron chi connectivity index (χ2n) is 0.605. The monoisotopic (exact) mass is 158 g/mol. The van der Waals surface area contributed by atoms with Crippen LogP contribution in [-0.4, -0.2) is 11.1 Å². The summed E-state index contributed by atoms with van der Waals surface area (Å²) in [5.41, 5.74) is 0. The Morgan fingerprint density at radius 3 is 2.00 bits per heavy atom. The summed E-state index contributed by atoms with van der Waals surface area (Å²) in [5, 5.41) is -2.14. The van der Waals surface area contributed by atoms with Crippen LogP contribution >= 0.6 is 15.9 Å². The molecule has 4 heteroatoms. The molecule has 6 heavy (non-hydrogen) atoms. The first kappa shape index (κ1) is 6.01. The van der Waals surface area contributed by atoms with Gasteiger partial charge in [0.05, 0.1) is 0 Å². The average Bonchev–Trinajstić information content (AvgIpc) is 1.36. The molecule has 0 spiro atoms. The Hall–Kier alpha value is 0.01000. The van der Waals surface area contributed by atoms with E-state index in [-0.39, 0.29) is 0 Å². The molecule has 0 aliphatic heterocycles. The predicted octanol–water partition coefficient (Wildman–Crippen LogP) is 1.17. The van der Waals surface area contributed by atoms with Crippen molar-refractivity contribution in [2.45, 2.75) is 5.08 Å². The van der Waals surface area contributed by atoms with Crippen molar-refractivity contribution in [2.75, 3.05) is 0 Å². The second kappa shape index (κ2) is 2.23. The van der Waals surface area contributed by atoms with E-state index in [0.717, 1.165) is 0 Å². The highest BCUT2D eigenvalue weighted by Gasteiger charge is 2.08. The lowest BCUT2D eigenvalue weighted by atomic mass is 10.8. The molecule has 1 atom stereocenters. The van der Waals surface area contributed by atoms with Crippen LogP contribution < -0.4 is 0 Å². The normalized spacial score (nSPS) is 13.8. The van der Waals surface area contributed by atoms with Crippen LogP contribution in [0.1, 0.15) is 0 Å². The van der Waals surface area contributed by atoms with Crippen molar-refractivity contribution in [1.29, 1.82) is 0 Å². The molecule has 36 valence electrons. The Balaban J connectivity index is 3.26. The molecule has 0 aliphatic rings. The predicted molar refractivity (Wildman–Crippen MR) is 19.9 cm³/mol. The SMILES string of the molecule is O=C(F)C(F)Br. The van der Waals surface area contributed by atoms with Crippen LogP contribution in [0, 0.1) is 0 Å². The van der Waals surface area contributed by atoms with Gasteiger partial charge in [-0.2, -0.15) is 4.39 Å². The van der Waals surface area contributed by atoms with Gasteiger partial charge in [-0.3, -0.25) is 4.79 Å². The van der Waals surface area contributed by atoms with Crippen LogP contribution in [0.5, 0.6) is 0 Å². The van der Waals surface area contributed by atoms with E-state index in [2.05, 4.69) is 0 Å². The van der Waals surface area contributed by atoms with Crippen molar-refractivity contribution >= 4 is 22.0 Å². The van der Waals surface area contributed by atoms with Gasteiger partial charge in [0, 0.05) is 0 Å². The highest BCUT2D eigenvalue weighted by Crippen LogP contribution is 2.00. The van der Waals surface area contributed by atoms with E-state index in [4.69, 9.17) is 4.79 Å². The Bertz CT molecular complexity index is 62.6. The van der Waals surface area contributed by atoms with Gasteiger partial charge in [-0.05, 0) is 15.9 Å². The molecule has 1 unspecified atom stereocenters. The highest BCUT2D eigenvalue weighted by molar-refractivity contribution is 9.09. The molecule has 0 saturated carbocycles. The number of hydrogen-bond donors (Lipinski definition) is 0. The van der Waals surface area contributed by atoms with E-state index < -0.39 is 11.1 Å². The van der Waals surface area contributed by atoms with Gasteiger partial charge in [0.15, 0.2) is 0 Å². The number of hydrogen-bond acceptors (Lipinski definition) is 1. The van der Waals surface area contributed by atoms with Gasteiger partial charge in [0.25, 0.3) is 0 Å². The molecule has 0 aromatic heterocycles. The number of rotatable bonds is 1. The molecule has 0 amide bonds. The van der Waals surface area contributed by atoms with Crippen molar-refractivity contribution in [1.82, 2.24) is 0 Å². The summed E-state index contributed by atoms with van der Waals surface area (Å²) in [6.07, 6.45) is 0. The minimum absolute atomic E-state index is 1.99. The summed E-state index contributed by atoms with van der Waals surface area (Å²) in [5.74, 6) is 0. The lowest BCUT2D eigenvalue weighted by Gasteiger charge is -1.79. The minimum atomic E-state index is -2.14. The lowest BCUT2D eigenvalue weighted by Crippen LogP contribution is -1.97. The Kier molecular flexibility index (Phi) is 2.23. The van der Waals surface area contributed by atoms with Crippen molar-refractivity contribution in [3.63, 3.8) is 0 Å². The van der Waals surface area contributed by atoms with Crippen molar-refractivity contribution < 1.29 is 13.6 Å². The zero-order valence-electron chi connectivity index (χ0n) is 2.62. The number of halogens is 3. The molecular formula is C2HBrF2O. The van der Waals surface area contributed by atoms with Crippen molar-refractivity contribution in [3.05, 3.63) is 0 Å². The first-order chi connectivity index (χ1) is 2.64. The first-order valence-corrected chi connectivity index (χ1v) is 2.03. The molecule has 0 aromatic rings. The molecule has 0 saturated heterocycles. The van der Waals surface area contributed by atoms with Gasteiger partial charge in [0.2, 0.25) is 5.08 Å². The molecule has 0 fully saturated rings. The van der Waals surface area contributed by atoms with Crippen molar-refractivity contribution in [2.24, 2.45) is 0 Å². The summed E-state index contributed by atoms with van der Waals surface area (Å²) in [6, 6.07) is -1.99. The number of carbonyl (C=O) groups excluding carboxylic acids is 1. The molecule has 1 nitrogen and oxygen atoms in total. The van der Waals surface area contributed by atoms with Crippen LogP contribution in [0.15, 0.2) is 0 Å². The second-order valence-corrected chi connectivity index (χ2v) is 1.41. The van der Waals surface area contributed by atoms with E-state index in [1.807, 2.05) is 15.9 Å². The van der Waals surface area contributed by atoms with Gasteiger partial charge in [-0.1, -0.05) is 0 Å². The quantitative estimate of drug-likeness (QED) is 0.414. The highest BCUT2D eigenvalue weighted by atomic mass is 79.9. The third-order valence-electron chi connectivity index (χ3n) is 0.172. The van der Waals surface area contributed by atoms with Crippen LogP contribution in [0.25, 0.3) is 0 Å². The lowest BCUT2D eigenvalue weighted by molar-refractivity contribution is -0.131. The molecule has 0 N–H and O–H groups in total. The molecule has 0 aromatic carbocycles. The molecular weight excluding hydrogens is 158 g/mol. The zero-order valence-corrected chi connectivity index (χ0v) is 4.21. The maximum absolute atomic E-state index is 11.0. The zero-order chi connectivity index (χ0) is 5.15. The topological polar surface area (TPSA) is 17.1 Å². The fraction of sp³-hybridized carbons (Fsp3) is 0.500. The summed E-state index contributed by atoms with van der Waals surface area (Å²) in [6.45, 7) is 0. The molecule has 0 bridgehead atoms. The Labute approximate surface area is 41.5 Å². The standard InChI is InChI=1S/C2HBrF2O/c3-1(4)2(5)6/h1H. The fourth-order valence-corrected chi connectivity index (χ4v) is 0. The van der Waals surface area contributed by atoms with Crippen LogP contribution in [0.2, 0.25) is 0 Å². The number of alkyl halides is 2. The van der Waals surface area contributed by atoms with Crippen LogP contribution in [0.3, 0.4) is 0 Å². The van der Waals surface area contributed by atoms with Crippen molar-refractivity contribution in [3.8, 4) is 0 Å². The summed E-state index contributed by atoms with van der Waals surface area (Å²) in [4.78, 5) is 9.05. The van der Waals surface area contributed by atoms with Gasteiger partial charge >= 0.3 is 6.04 Å². The molecule has 0 heterocycles. The van der Waals surface area contributed by atoms with E-state index in [0.29, 0.717) is 0 Å². The maximum atomic E-state index is 11.0. The molecule has 0 radical (unpaired) electrons. The van der Waals surface area contributed by atoms with Crippen LogP contribution in [-0.2, 0) is 4.79 Å². The fourth-order valence-electron chi connectivity index (χ4n) is 0. The number of carbonyl (C=O) groups is 1.